The fraction of sp³-hybridized carbons (Fsp3) is 0.105. The lowest BCUT2D eigenvalue weighted by molar-refractivity contribution is -0.112. The molecule has 5 nitrogen and oxygen atoms in total. The minimum Gasteiger partial charge on any atom is -0.493 e. The van der Waals surface area contributed by atoms with E-state index in [1.165, 1.54) is 11.3 Å². The zero-order valence-electron chi connectivity index (χ0n) is 13.9. The maximum absolute atomic E-state index is 12.4. The van der Waals surface area contributed by atoms with Gasteiger partial charge < -0.3 is 9.84 Å². The average Bonchev–Trinajstić information content (AvgIpc) is 3.12. The van der Waals surface area contributed by atoms with Crippen molar-refractivity contribution >= 4 is 51.0 Å². The molecule has 2 heterocycles. The van der Waals surface area contributed by atoms with Crippen LogP contribution in [0.1, 0.15) is 4.88 Å². The van der Waals surface area contributed by atoms with Crippen molar-refractivity contribution in [2.24, 2.45) is 4.99 Å². The number of halogens is 1. The monoisotopic (exact) mass is 460 g/mol. The SMILES string of the molecule is O=C1N=c2ccc(Br)cc2=C1c1sc(=S)n(CCOc2ccccc2)c1O. The van der Waals surface area contributed by atoms with Crippen LogP contribution in [-0.2, 0) is 11.3 Å². The first-order valence-corrected chi connectivity index (χ1v) is 10.1. The zero-order valence-corrected chi connectivity index (χ0v) is 17.1. The predicted molar refractivity (Wildman–Crippen MR) is 109 cm³/mol. The van der Waals surface area contributed by atoms with E-state index in [-0.39, 0.29) is 11.8 Å². The molecular formula is C19H13BrN2O3S2. The van der Waals surface area contributed by atoms with Crippen LogP contribution in [0.5, 0.6) is 11.6 Å². The molecule has 1 amide bonds. The fourth-order valence-corrected chi connectivity index (χ4v) is 4.59. The van der Waals surface area contributed by atoms with Crippen molar-refractivity contribution in [2.75, 3.05) is 6.61 Å². The van der Waals surface area contributed by atoms with Crippen molar-refractivity contribution in [3.63, 3.8) is 0 Å². The lowest BCUT2D eigenvalue weighted by Crippen LogP contribution is -2.22. The van der Waals surface area contributed by atoms with Crippen molar-refractivity contribution in [3.8, 4) is 11.6 Å². The second-order valence-corrected chi connectivity index (χ2v) is 8.35. The number of hydrogen-bond acceptors (Lipinski definition) is 5. The first kappa shape index (κ1) is 18.1. The Morgan fingerprint density at radius 1 is 1.22 bits per heavy atom. The Balaban J connectivity index is 1.67. The van der Waals surface area contributed by atoms with Gasteiger partial charge in [0, 0.05) is 9.69 Å². The van der Waals surface area contributed by atoms with Gasteiger partial charge in [-0.05, 0) is 42.5 Å². The number of aromatic hydroxyl groups is 1. The number of carbonyl (C=O) groups excluding carboxylic acids is 1. The smallest absolute Gasteiger partial charge is 0.279 e. The molecule has 3 aromatic rings. The third kappa shape index (κ3) is 3.47. The number of carbonyl (C=O) groups is 1. The molecule has 0 bridgehead atoms. The molecule has 2 aromatic carbocycles. The Bertz CT molecular complexity index is 1220. The van der Waals surface area contributed by atoms with E-state index in [0.29, 0.717) is 38.1 Å². The van der Waals surface area contributed by atoms with E-state index in [1.54, 1.807) is 10.6 Å². The fourth-order valence-electron chi connectivity index (χ4n) is 2.83. The van der Waals surface area contributed by atoms with Gasteiger partial charge in [-0.2, -0.15) is 0 Å². The van der Waals surface area contributed by atoms with Crippen LogP contribution in [-0.4, -0.2) is 22.2 Å². The highest BCUT2D eigenvalue weighted by molar-refractivity contribution is 9.10. The van der Waals surface area contributed by atoms with Gasteiger partial charge in [-0.3, -0.25) is 9.36 Å². The molecule has 0 unspecified atom stereocenters. The van der Waals surface area contributed by atoms with Crippen molar-refractivity contribution in [1.82, 2.24) is 4.57 Å². The lowest BCUT2D eigenvalue weighted by Gasteiger charge is -2.08. The summed E-state index contributed by atoms with van der Waals surface area (Å²) >= 11 is 10.00. The second-order valence-electron chi connectivity index (χ2n) is 5.79. The molecule has 0 atom stereocenters. The summed E-state index contributed by atoms with van der Waals surface area (Å²) in [5.74, 6) is 0.340. The van der Waals surface area contributed by atoms with Gasteiger partial charge in [0.05, 0.1) is 17.5 Å². The molecule has 27 heavy (non-hydrogen) atoms. The Kier molecular flexibility index (Phi) is 4.94. The number of rotatable bonds is 5. The van der Waals surface area contributed by atoms with E-state index in [1.807, 2.05) is 42.5 Å². The summed E-state index contributed by atoms with van der Waals surface area (Å²) in [5, 5.41) is 12.0. The maximum atomic E-state index is 12.4. The number of aromatic nitrogens is 1. The number of hydrogen-bond donors (Lipinski definition) is 1. The van der Waals surface area contributed by atoms with Gasteiger partial charge >= 0.3 is 0 Å². The van der Waals surface area contributed by atoms with Crippen molar-refractivity contribution in [2.45, 2.75) is 6.54 Å². The van der Waals surface area contributed by atoms with Crippen molar-refractivity contribution in [1.29, 1.82) is 0 Å². The molecule has 1 aliphatic rings. The van der Waals surface area contributed by atoms with Crippen LogP contribution in [0.25, 0.3) is 5.57 Å². The predicted octanol–water partition coefficient (Wildman–Crippen LogP) is 3.18. The molecular weight excluding hydrogens is 448 g/mol. The lowest BCUT2D eigenvalue weighted by atomic mass is 10.1. The first-order chi connectivity index (χ1) is 13.0. The second kappa shape index (κ2) is 7.38. The zero-order chi connectivity index (χ0) is 19.0. The average molecular weight is 461 g/mol. The summed E-state index contributed by atoms with van der Waals surface area (Å²) in [6.45, 7) is 0.720. The number of amides is 1. The van der Waals surface area contributed by atoms with Gasteiger partial charge in [0.15, 0.2) is 3.95 Å². The Labute approximate surface area is 172 Å². The largest absolute Gasteiger partial charge is 0.493 e. The van der Waals surface area contributed by atoms with Crippen molar-refractivity contribution in [3.05, 3.63) is 72.4 Å². The molecule has 136 valence electrons. The Hall–Kier alpha value is -2.29. The van der Waals surface area contributed by atoms with Crippen LogP contribution in [0.3, 0.4) is 0 Å². The Morgan fingerprint density at radius 2 is 2.00 bits per heavy atom. The molecule has 0 saturated carbocycles. The van der Waals surface area contributed by atoms with Crippen LogP contribution in [0.15, 0.2) is 58.0 Å². The van der Waals surface area contributed by atoms with Crippen LogP contribution in [0.2, 0.25) is 0 Å². The van der Waals surface area contributed by atoms with Crippen LogP contribution in [0, 0.1) is 3.95 Å². The normalized spacial score (nSPS) is 12.8. The molecule has 1 aliphatic heterocycles. The number of fused-ring (bicyclic) bond motifs is 1. The molecule has 0 radical (unpaired) electrons. The summed E-state index contributed by atoms with van der Waals surface area (Å²) in [4.78, 5) is 16.9. The quantitative estimate of drug-likeness (QED) is 0.593. The summed E-state index contributed by atoms with van der Waals surface area (Å²) in [6, 6.07) is 14.8. The standard InChI is InChI=1S/C19H13BrN2O3S2/c20-11-6-7-14-13(10-11)15(17(23)21-14)16-18(24)22(19(26)27-16)8-9-25-12-4-2-1-3-5-12/h1-7,10,24H,8-9H2. The molecule has 0 fully saturated rings. The van der Waals surface area contributed by atoms with Gasteiger partial charge in [-0.15, -0.1) is 11.3 Å². The minimum atomic E-state index is -0.373. The number of ether oxygens (including phenoxy) is 1. The van der Waals surface area contributed by atoms with Gasteiger partial charge in [-0.25, -0.2) is 4.99 Å². The highest BCUT2D eigenvalue weighted by atomic mass is 79.9. The summed E-state index contributed by atoms with van der Waals surface area (Å²) in [6.07, 6.45) is 0. The van der Waals surface area contributed by atoms with Gasteiger partial charge in [0.2, 0.25) is 5.88 Å². The number of thiazole rings is 1. The summed E-state index contributed by atoms with van der Waals surface area (Å²) in [7, 11) is 0. The maximum Gasteiger partial charge on any atom is 0.279 e. The third-order valence-electron chi connectivity index (χ3n) is 4.09. The molecule has 0 spiro atoms. The van der Waals surface area contributed by atoms with E-state index in [4.69, 9.17) is 17.0 Å². The summed E-state index contributed by atoms with van der Waals surface area (Å²) in [5.41, 5.74) is 0.377. The van der Waals surface area contributed by atoms with E-state index >= 15 is 0 Å². The van der Waals surface area contributed by atoms with Gasteiger partial charge in [0.25, 0.3) is 5.91 Å². The first-order valence-electron chi connectivity index (χ1n) is 8.08. The van der Waals surface area contributed by atoms with E-state index in [9.17, 15) is 9.90 Å². The summed E-state index contributed by atoms with van der Waals surface area (Å²) < 4.78 is 8.56. The number of nitrogens with zero attached hydrogens (tertiary/aromatic N) is 2. The van der Waals surface area contributed by atoms with E-state index in [0.717, 1.165) is 10.2 Å². The molecule has 8 heteroatoms. The van der Waals surface area contributed by atoms with Crippen LogP contribution in [0.4, 0.5) is 0 Å². The minimum absolute atomic E-state index is 0.0342. The van der Waals surface area contributed by atoms with Crippen LogP contribution < -0.4 is 15.3 Å². The Morgan fingerprint density at radius 3 is 2.78 bits per heavy atom. The topological polar surface area (TPSA) is 63.8 Å². The van der Waals surface area contributed by atoms with Crippen molar-refractivity contribution < 1.29 is 14.6 Å². The number of benzene rings is 2. The molecule has 4 rings (SSSR count). The molecule has 1 aromatic heterocycles. The van der Waals surface area contributed by atoms with E-state index in [2.05, 4.69) is 20.9 Å². The van der Waals surface area contributed by atoms with Gasteiger partial charge in [0.1, 0.15) is 17.2 Å². The van der Waals surface area contributed by atoms with Gasteiger partial charge in [-0.1, -0.05) is 34.1 Å². The molecule has 1 N–H and O–H groups in total. The third-order valence-corrected chi connectivity index (χ3v) is 6.04. The number of para-hydroxylation sites is 1. The van der Waals surface area contributed by atoms with E-state index < -0.39 is 0 Å². The molecule has 0 saturated heterocycles. The highest BCUT2D eigenvalue weighted by Gasteiger charge is 2.25. The van der Waals surface area contributed by atoms with Crippen LogP contribution >= 0.6 is 39.5 Å². The highest BCUT2D eigenvalue weighted by Crippen LogP contribution is 2.32. The molecule has 0 aliphatic carbocycles.